The van der Waals surface area contributed by atoms with E-state index in [1.165, 1.54) is 4.90 Å². The summed E-state index contributed by atoms with van der Waals surface area (Å²) in [5, 5.41) is 9.14. The summed E-state index contributed by atoms with van der Waals surface area (Å²) in [4.78, 5) is 12.5. The van der Waals surface area contributed by atoms with Gasteiger partial charge < -0.3 is 14.7 Å². The number of benzene rings is 1. The van der Waals surface area contributed by atoms with Gasteiger partial charge in [-0.1, -0.05) is 24.6 Å². The molecule has 1 amide bonds. The van der Waals surface area contributed by atoms with Gasteiger partial charge in [0.1, 0.15) is 11.9 Å². The quantitative estimate of drug-likeness (QED) is 0.814. The molecule has 0 fully saturated rings. The van der Waals surface area contributed by atoms with Crippen LogP contribution < -0.4 is 4.74 Å². The standard InChI is InChI=1S/C13H17NO3/c1-3-11-8-14(13(15)16)7-10-6-9(2)4-5-12(10)17-11/h4-6,11H,3,7-8H2,1-2H3,(H,15,16). The first-order chi connectivity index (χ1) is 8.10. The van der Waals surface area contributed by atoms with E-state index in [0.717, 1.165) is 23.3 Å². The van der Waals surface area contributed by atoms with E-state index >= 15 is 0 Å². The van der Waals surface area contributed by atoms with Gasteiger partial charge in [-0.15, -0.1) is 0 Å². The Hall–Kier alpha value is -1.71. The van der Waals surface area contributed by atoms with Crippen molar-refractivity contribution in [2.75, 3.05) is 6.54 Å². The predicted octanol–water partition coefficient (Wildman–Crippen LogP) is 2.65. The van der Waals surface area contributed by atoms with E-state index in [0.29, 0.717) is 13.1 Å². The molecule has 1 aromatic carbocycles. The van der Waals surface area contributed by atoms with E-state index in [4.69, 9.17) is 9.84 Å². The molecule has 1 aliphatic heterocycles. The molecule has 0 saturated carbocycles. The summed E-state index contributed by atoms with van der Waals surface area (Å²) in [5.74, 6) is 0.811. The molecule has 0 bridgehead atoms. The lowest BCUT2D eigenvalue weighted by molar-refractivity contribution is 0.114. The number of hydrogen-bond acceptors (Lipinski definition) is 2. The molecular formula is C13H17NO3. The molecule has 0 saturated heterocycles. The van der Waals surface area contributed by atoms with Crippen molar-refractivity contribution in [1.82, 2.24) is 4.90 Å². The summed E-state index contributed by atoms with van der Waals surface area (Å²) in [7, 11) is 0. The maximum Gasteiger partial charge on any atom is 0.407 e. The summed E-state index contributed by atoms with van der Waals surface area (Å²) >= 11 is 0. The Balaban J connectivity index is 2.35. The monoisotopic (exact) mass is 235 g/mol. The first-order valence-electron chi connectivity index (χ1n) is 5.84. The van der Waals surface area contributed by atoms with Gasteiger partial charge in [-0.05, 0) is 19.4 Å². The molecule has 0 aromatic heterocycles. The summed E-state index contributed by atoms with van der Waals surface area (Å²) in [5.41, 5.74) is 2.07. The number of rotatable bonds is 1. The Morgan fingerprint density at radius 2 is 2.35 bits per heavy atom. The maximum atomic E-state index is 11.1. The van der Waals surface area contributed by atoms with Crippen molar-refractivity contribution < 1.29 is 14.6 Å². The fourth-order valence-electron chi connectivity index (χ4n) is 2.04. The fourth-order valence-corrected chi connectivity index (χ4v) is 2.04. The first-order valence-corrected chi connectivity index (χ1v) is 5.84. The SMILES string of the molecule is CCC1CN(C(=O)O)Cc2cc(C)ccc2O1. The molecule has 0 aliphatic carbocycles. The van der Waals surface area contributed by atoms with Crippen LogP contribution in [0.25, 0.3) is 0 Å². The van der Waals surface area contributed by atoms with Crippen LogP contribution in [0.4, 0.5) is 4.79 Å². The third-order valence-electron chi connectivity index (χ3n) is 3.02. The lowest BCUT2D eigenvalue weighted by Crippen LogP contribution is -2.35. The second-order valence-corrected chi connectivity index (χ2v) is 4.42. The highest BCUT2D eigenvalue weighted by atomic mass is 16.5. The number of fused-ring (bicyclic) bond motifs is 1. The minimum Gasteiger partial charge on any atom is -0.488 e. The van der Waals surface area contributed by atoms with E-state index in [1.54, 1.807) is 0 Å². The van der Waals surface area contributed by atoms with E-state index in [1.807, 2.05) is 32.0 Å². The number of amides is 1. The highest BCUT2D eigenvalue weighted by Crippen LogP contribution is 2.26. The summed E-state index contributed by atoms with van der Waals surface area (Å²) in [6, 6.07) is 5.91. The van der Waals surface area contributed by atoms with E-state index in [2.05, 4.69) is 0 Å². The molecule has 1 atom stereocenters. The van der Waals surface area contributed by atoms with Gasteiger partial charge in [0.2, 0.25) is 0 Å². The van der Waals surface area contributed by atoms with Gasteiger partial charge in [-0.3, -0.25) is 0 Å². The van der Waals surface area contributed by atoms with Crippen LogP contribution in [0.3, 0.4) is 0 Å². The predicted molar refractivity (Wildman–Crippen MR) is 64.3 cm³/mol. The van der Waals surface area contributed by atoms with Crippen molar-refractivity contribution in [1.29, 1.82) is 0 Å². The van der Waals surface area contributed by atoms with Crippen molar-refractivity contribution in [2.45, 2.75) is 32.9 Å². The van der Waals surface area contributed by atoms with Gasteiger partial charge in [-0.2, -0.15) is 0 Å². The van der Waals surface area contributed by atoms with Crippen LogP contribution in [0.1, 0.15) is 24.5 Å². The van der Waals surface area contributed by atoms with Crippen molar-refractivity contribution in [2.24, 2.45) is 0 Å². The lowest BCUT2D eigenvalue weighted by Gasteiger charge is -2.20. The van der Waals surface area contributed by atoms with Crippen LogP contribution in [0, 0.1) is 6.92 Å². The highest BCUT2D eigenvalue weighted by Gasteiger charge is 2.24. The third kappa shape index (κ3) is 2.52. The molecule has 4 heteroatoms. The van der Waals surface area contributed by atoms with Crippen LogP contribution in [-0.2, 0) is 6.54 Å². The van der Waals surface area contributed by atoms with Gasteiger partial charge in [0.15, 0.2) is 0 Å². The molecule has 1 unspecified atom stereocenters. The Bertz CT molecular complexity index is 431. The largest absolute Gasteiger partial charge is 0.488 e. The molecule has 2 rings (SSSR count). The van der Waals surface area contributed by atoms with Gasteiger partial charge in [0.25, 0.3) is 0 Å². The maximum absolute atomic E-state index is 11.1. The second kappa shape index (κ2) is 4.65. The Labute approximate surface area is 101 Å². The highest BCUT2D eigenvalue weighted by molar-refractivity contribution is 5.65. The number of ether oxygens (including phenoxy) is 1. The van der Waals surface area contributed by atoms with Gasteiger partial charge in [0.05, 0.1) is 13.1 Å². The smallest absolute Gasteiger partial charge is 0.407 e. The van der Waals surface area contributed by atoms with E-state index < -0.39 is 6.09 Å². The molecule has 1 aromatic rings. The normalized spacial score (nSPS) is 19.2. The Morgan fingerprint density at radius 1 is 1.59 bits per heavy atom. The molecular weight excluding hydrogens is 218 g/mol. The fraction of sp³-hybridized carbons (Fsp3) is 0.462. The van der Waals surface area contributed by atoms with Crippen LogP contribution in [0.15, 0.2) is 18.2 Å². The minimum atomic E-state index is -0.888. The molecule has 1 aliphatic rings. The van der Waals surface area contributed by atoms with Crippen LogP contribution in [0.5, 0.6) is 5.75 Å². The molecule has 1 N–H and O–H groups in total. The first kappa shape index (κ1) is 11.8. The number of aryl methyl sites for hydroxylation is 1. The molecule has 4 nitrogen and oxygen atoms in total. The van der Waals surface area contributed by atoms with Crippen LogP contribution in [0.2, 0.25) is 0 Å². The molecule has 1 heterocycles. The van der Waals surface area contributed by atoms with Crippen molar-refractivity contribution in [3.05, 3.63) is 29.3 Å². The molecule has 92 valence electrons. The van der Waals surface area contributed by atoms with E-state index in [9.17, 15) is 4.79 Å². The zero-order valence-electron chi connectivity index (χ0n) is 10.1. The lowest BCUT2D eigenvalue weighted by atomic mass is 10.1. The number of hydrogen-bond donors (Lipinski definition) is 1. The van der Waals surface area contributed by atoms with Crippen molar-refractivity contribution in [3.8, 4) is 5.75 Å². The van der Waals surface area contributed by atoms with Crippen molar-refractivity contribution in [3.63, 3.8) is 0 Å². The molecule has 0 radical (unpaired) electrons. The van der Waals surface area contributed by atoms with Crippen LogP contribution >= 0.6 is 0 Å². The average Bonchev–Trinajstić information content (AvgIpc) is 2.47. The van der Waals surface area contributed by atoms with E-state index in [-0.39, 0.29) is 6.10 Å². The number of nitrogens with zero attached hydrogens (tertiary/aromatic N) is 1. The van der Waals surface area contributed by atoms with Crippen LogP contribution in [-0.4, -0.2) is 28.7 Å². The zero-order chi connectivity index (χ0) is 12.4. The Morgan fingerprint density at radius 3 is 3.00 bits per heavy atom. The number of carboxylic acid groups (broad SMARTS) is 1. The van der Waals surface area contributed by atoms with Gasteiger partial charge >= 0.3 is 6.09 Å². The topological polar surface area (TPSA) is 49.8 Å². The van der Waals surface area contributed by atoms with Gasteiger partial charge in [0, 0.05) is 5.56 Å². The summed E-state index contributed by atoms with van der Waals surface area (Å²) in [6.07, 6.45) is -0.145. The minimum absolute atomic E-state index is 0.0601. The second-order valence-electron chi connectivity index (χ2n) is 4.42. The van der Waals surface area contributed by atoms with Crippen molar-refractivity contribution >= 4 is 6.09 Å². The molecule has 17 heavy (non-hydrogen) atoms. The average molecular weight is 235 g/mol. The third-order valence-corrected chi connectivity index (χ3v) is 3.02. The Kier molecular flexibility index (Phi) is 3.22. The number of carbonyl (C=O) groups is 1. The molecule has 0 spiro atoms. The summed E-state index contributed by atoms with van der Waals surface area (Å²) in [6.45, 7) is 4.83. The zero-order valence-corrected chi connectivity index (χ0v) is 10.1. The summed E-state index contributed by atoms with van der Waals surface area (Å²) < 4.78 is 5.84. The van der Waals surface area contributed by atoms with Gasteiger partial charge in [-0.25, -0.2) is 4.79 Å².